The highest BCUT2D eigenvalue weighted by atomic mass is 16.2. The van der Waals surface area contributed by atoms with Crippen LogP contribution in [0.25, 0.3) is 0 Å². The smallest absolute Gasteiger partial charge is 0.223 e. The van der Waals surface area contributed by atoms with Crippen LogP contribution in [-0.4, -0.2) is 17.4 Å². The van der Waals surface area contributed by atoms with Crippen molar-refractivity contribution in [1.29, 1.82) is 0 Å². The highest BCUT2D eigenvalue weighted by molar-refractivity contribution is 5.79. The molecular weight excluding hydrogens is 258 g/mol. The van der Waals surface area contributed by atoms with Crippen molar-refractivity contribution in [2.24, 2.45) is 0 Å². The molecule has 0 bridgehead atoms. The van der Waals surface area contributed by atoms with Crippen LogP contribution in [0.15, 0.2) is 48.5 Å². The molecule has 0 radical (unpaired) electrons. The van der Waals surface area contributed by atoms with Crippen molar-refractivity contribution in [1.82, 2.24) is 4.90 Å². The topological polar surface area (TPSA) is 20.3 Å². The number of hydrogen-bond acceptors (Lipinski definition) is 1. The third-order valence-electron chi connectivity index (χ3n) is 4.78. The van der Waals surface area contributed by atoms with E-state index in [9.17, 15) is 4.79 Å². The van der Waals surface area contributed by atoms with E-state index < -0.39 is 0 Å². The molecule has 0 saturated carbocycles. The molecule has 2 aliphatic rings. The fraction of sp³-hybridized carbons (Fsp3) is 0.316. The molecule has 2 nitrogen and oxygen atoms in total. The summed E-state index contributed by atoms with van der Waals surface area (Å²) in [5, 5.41) is 0. The summed E-state index contributed by atoms with van der Waals surface area (Å²) < 4.78 is 0. The summed E-state index contributed by atoms with van der Waals surface area (Å²) in [6, 6.07) is 17.4. The van der Waals surface area contributed by atoms with Crippen LogP contribution in [0.2, 0.25) is 0 Å². The summed E-state index contributed by atoms with van der Waals surface area (Å²) >= 11 is 0. The molecule has 0 unspecified atom stereocenters. The van der Waals surface area contributed by atoms with Crippen LogP contribution in [-0.2, 0) is 17.6 Å². The normalized spacial score (nSPS) is 18.3. The number of hydrogen-bond donors (Lipinski definition) is 0. The lowest BCUT2D eigenvalue weighted by Gasteiger charge is -2.30. The predicted molar refractivity (Wildman–Crippen MR) is 83.1 cm³/mol. The molecule has 4 rings (SSSR count). The lowest BCUT2D eigenvalue weighted by molar-refractivity contribution is -0.129. The van der Waals surface area contributed by atoms with Crippen molar-refractivity contribution in [3.05, 3.63) is 70.8 Å². The van der Waals surface area contributed by atoms with Crippen LogP contribution >= 0.6 is 0 Å². The number of benzene rings is 2. The van der Waals surface area contributed by atoms with Crippen molar-refractivity contribution < 1.29 is 4.79 Å². The molecule has 0 atom stereocenters. The van der Waals surface area contributed by atoms with Crippen LogP contribution in [0.3, 0.4) is 0 Å². The summed E-state index contributed by atoms with van der Waals surface area (Å²) in [5.41, 5.74) is 5.41. The number of carbonyl (C=O) groups excluding carboxylic acids is 1. The summed E-state index contributed by atoms with van der Waals surface area (Å²) in [7, 11) is 0. The Morgan fingerprint density at radius 2 is 1.38 bits per heavy atom. The Morgan fingerprint density at radius 1 is 0.810 bits per heavy atom. The highest BCUT2D eigenvalue weighted by Crippen LogP contribution is 2.38. The number of nitrogens with zero attached hydrogens (tertiary/aromatic N) is 1. The number of likely N-dealkylation sites (tertiary alicyclic amines) is 1. The second-order valence-electron chi connectivity index (χ2n) is 5.99. The van der Waals surface area contributed by atoms with Gasteiger partial charge in [-0.25, -0.2) is 0 Å². The van der Waals surface area contributed by atoms with E-state index in [1.165, 1.54) is 22.3 Å². The zero-order valence-corrected chi connectivity index (χ0v) is 12.1. The fourth-order valence-corrected chi connectivity index (χ4v) is 3.77. The van der Waals surface area contributed by atoms with Gasteiger partial charge in [0.15, 0.2) is 0 Å². The second kappa shape index (κ2) is 5.03. The van der Waals surface area contributed by atoms with Crippen molar-refractivity contribution in [3.63, 3.8) is 0 Å². The zero-order valence-electron chi connectivity index (χ0n) is 12.1. The van der Waals surface area contributed by atoms with Crippen molar-refractivity contribution >= 4 is 5.91 Å². The molecule has 106 valence electrons. The molecule has 2 aromatic carbocycles. The minimum absolute atomic E-state index is 0.106. The van der Waals surface area contributed by atoms with Crippen LogP contribution in [0.4, 0.5) is 0 Å². The van der Waals surface area contributed by atoms with E-state index in [0.29, 0.717) is 12.3 Å². The lowest BCUT2D eigenvalue weighted by atomic mass is 9.93. The monoisotopic (exact) mass is 277 g/mol. The Labute approximate surface area is 125 Å². The van der Waals surface area contributed by atoms with Gasteiger partial charge in [-0.05, 0) is 41.5 Å². The third-order valence-corrected chi connectivity index (χ3v) is 4.78. The minimum Gasteiger partial charge on any atom is -0.332 e. The fourth-order valence-electron chi connectivity index (χ4n) is 3.77. The quantitative estimate of drug-likeness (QED) is 0.781. The third kappa shape index (κ3) is 2.06. The van der Waals surface area contributed by atoms with Gasteiger partial charge < -0.3 is 4.90 Å². The Hall–Kier alpha value is -2.09. The van der Waals surface area contributed by atoms with E-state index in [0.717, 1.165) is 25.8 Å². The van der Waals surface area contributed by atoms with Crippen LogP contribution < -0.4 is 0 Å². The number of amides is 1. The summed E-state index contributed by atoms with van der Waals surface area (Å²) in [6.45, 7) is 0.881. The number of aryl methyl sites for hydroxylation is 2. The molecule has 1 amide bonds. The maximum absolute atomic E-state index is 12.3. The van der Waals surface area contributed by atoms with Gasteiger partial charge in [0.1, 0.15) is 0 Å². The lowest BCUT2D eigenvalue weighted by Crippen LogP contribution is -2.31. The predicted octanol–water partition coefficient (Wildman–Crippen LogP) is 3.50. The first-order valence-electron chi connectivity index (χ1n) is 7.79. The number of carbonyl (C=O) groups is 1. The molecule has 1 aliphatic heterocycles. The van der Waals surface area contributed by atoms with E-state index in [1.807, 2.05) is 0 Å². The average molecular weight is 277 g/mol. The summed E-state index contributed by atoms with van der Waals surface area (Å²) in [4.78, 5) is 14.4. The van der Waals surface area contributed by atoms with Gasteiger partial charge in [-0.3, -0.25) is 4.79 Å². The van der Waals surface area contributed by atoms with E-state index in [1.54, 1.807) is 0 Å². The van der Waals surface area contributed by atoms with Gasteiger partial charge in [0.2, 0.25) is 5.91 Å². The van der Waals surface area contributed by atoms with Crippen LogP contribution in [0.1, 0.15) is 41.1 Å². The summed E-state index contributed by atoms with van der Waals surface area (Å²) in [6.07, 6.45) is 3.80. The second-order valence-corrected chi connectivity index (χ2v) is 5.99. The average Bonchev–Trinajstić information content (AvgIpc) is 2.86. The number of rotatable bonds is 1. The van der Waals surface area contributed by atoms with Gasteiger partial charge in [-0.15, -0.1) is 0 Å². The Morgan fingerprint density at radius 3 is 1.90 bits per heavy atom. The largest absolute Gasteiger partial charge is 0.332 e. The molecule has 2 heteroatoms. The molecule has 0 aromatic heterocycles. The molecule has 2 aromatic rings. The molecular formula is C19H19NO. The molecule has 1 heterocycles. The van der Waals surface area contributed by atoms with Gasteiger partial charge in [0.25, 0.3) is 0 Å². The Balaban J connectivity index is 1.92. The molecule has 1 aliphatic carbocycles. The first-order chi connectivity index (χ1) is 10.3. The summed E-state index contributed by atoms with van der Waals surface area (Å²) in [5.74, 6) is 0.298. The van der Waals surface area contributed by atoms with Crippen LogP contribution in [0.5, 0.6) is 0 Å². The molecule has 1 saturated heterocycles. The van der Waals surface area contributed by atoms with Crippen LogP contribution in [0, 0.1) is 0 Å². The van der Waals surface area contributed by atoms with E-state index in [-0.39, 0.29) is 6.04 Å². The van der Waals surface area contributed by atoms with Crippen molar-refractivity contribution in [2.75, 3.05) is 6.54 Å². The molecule has 0 N–H and O–H groups in total. The van der Waals surface area contributed by atoms with Gasteiger partial charge in [-0.1, -0.05) is 48.5 Å². The zero-order chi connectivity index (χ0) is 14.2. The SMILES string of the molecule is O=C1CCCN1C1c2ccccc2CCc2ccccc21. The minimum atomic E-state index is 0.106. The maximum Gasteiger partial charge on any atom is 0.223 e. The Bertz CT molecular complexity index is 644. The van der Waals surface area contributed by atoms with Crippen molar-refractivity contribution in [2.45, 2.75) is 31.7 Å². The van der Waals surface area contributed by atoms with Gasteiger partial charge >= 0.3 is 0 Å². The van der Waals surface area contributed by atoms with E-state index in [2.05, 4.69) is 53.4 Å². The standard InChI is InChI=1S/C19H19NO/c21-18-10-5-13-20(18)19-16-8-3-1-6-14(16)11-12-15-7-2-4-9-17(15)19/h1-4,6-9,19H,5,10-13H2. The first kappa shape index (κ1) is 12.6. The van der Waals surface area contributed by atoms with Gasteiger partial charge in [0.05, 0.1) is 6.04 Å². The molecule has 0 spiro atoms. The van der Waals surface area contributed by atoms with Crippen molar-refractivity contribution in [3.8, 4) is 0 Å². The van der Waals surface area contributed by atoms with Gasteiger partial charge in [0, 0.05) is 13.0 Å². The molecule has 21 heavy (non-hydrogen) atoms. The maximum atomic E-state index is 12.3. The number of fused-ring (bicyclic) bond motifs is 2. The highest BCUT2D eigenvalue weighted by Gasteiger charge is 2.33. The molecule has 1 fully saturated rings. The first-order valence-corrected chi connectivity index (χ1v) is 7.79. The Kier molecular flexibility index (Phi) is 3.03. The van der Waals surface area contributed by atoms with E-state index >= 15 is 0 Å². The van der Waals surface area contributed by atoms with Gasteiger partial charge in [-0.2, -0.15) is 0 Å². The van der Waals surface area contributed by atoms with E-state index in [4.69, 9.17) is 0 Å².